The van der Waals surface area contributed by atoms with Crippen molar-refractivity contribution in [1.82, 2.24) is 5.32 Å². The molecule has 0 bridgehead atoms. The number of likely N-dealkylation sites (N-methyl/N-ethyl adjacent to an activating group) is 1. The van der Waals surface area contributed by atoms with E-state index in [0.717, 1.165) is 25.7 Å². The van der Waals surface area contributed by atoms with Gasteiger partial charge in [-0.1, -0.05) is 12.8 Å². The van der Waals surface area contributed by atoms with Gasteiger partial charge in [-0.05, 0) is 25.8 Å². The Kier molecular flexibility index (Phi) is 4.59. The molecule has 1 rings (SSSR count). The summed E-state index contributed by atoms with van der Waals surface area (Å²) < 4.78 is 28.6. The Bertz CT molecular complexity index is 138. The molecule has 0 amide bonds. The van der Waals surface area contributed by atoms with E-state index in [2.05, 4.69) is 10.1 Å². The first-order chi connectivity index (χ1) is 6.24. The van der Waals surface area contributed by atoms with Gasteiger partial charge in [0.2, 0.25) is 0 Å². The highest BCUT2D eigenvalue weighted by molar-refractivity contribution is 4.77. The number of ether oxygens (including phenoxy) is 1. The van der Waals surface area contributed by atoms with Gasteiger partial charge in [0.1, 0.15) is 0 Å². The van der Waals surface area contributed by atoms with E-state index in [1.807, 2.05) is 0 Å². The second-order valence-corrected chi connectivity index (χ2v) is 3.54. The Morgan fingerprint density at radius 3 is 2.46 bits per heavy atom. The van der Waals surface area contributed by atoms with Gasteiger partial charge in [-0.25, -0.2) is 0 Å². The summed E-state index contributed by atoms with van der Waals surface area (Å²) in [6, 6.07) is 0. The van der Waals surface area contributed by atoms with Gasteiger partial charge in [-0.3, -0.25) is 0 Å². The minimum Gasteiger partial charge on any atom is -0.318 e. The van der Waals surface area contributed by atoms with Crippen LogP contribution in [-0.4, -0.2) is 26.3 Å². The molecule has 2 nitrogen and oxygen atoms in total. The molecule has 1 unspecified atom stereocenters. The Morgan fingerprint density at radius 1 is 1.38 bits per heavy atom. The maximum Gasteiger partial charge on any atom is 0.345 e. The van der Waals surface area contributed by atoms with Crippen molar-refractivity contribution >= 4 is 0 Å². The molecule has 0 radical (unpaired) electrons. The predicted molar refractivity (Wildman–Crippen MR) is 46.8 cm³/mol. The summed E-state index contributed by atoms with van der Waals surface area (Å²) in [6.45, 7) is -2.12. The molecule has 1 fully saturated rings. The van der Waals surface area contributed by atoms with E-state index in [4.69, 9.17) is 0 Å². The maximum absolute atomic E-state index is 12.0. The van der Waals surface area contributed by atoms with Gasteiger partial charge in [-0.2, -0.15) is 8.78 Å². The highest BCUT2D eigenvalue weighted by Gasteiger charge is 2.27. The number of hydrogen-bond acceptors (Lipinski definition) is 2. The second-order valence-electron chi connectivity index (χ2n) is 3.54. The fourth-order valence-electron chi connectivity index (χ4n) is 1.99. The number of nitrogens with one attached hydrogen (secondary N) is 1. The number of alkyl halides is 2. The third-order valence-electron chi connectivity index (χ3n) is 2.61. The van der Waals surface area contributed by atoms with E-state index in [1.54, 1.807) is 7.05 Å². The Hall–Kier alpha value is -0.220. The van der Waals surface area contributed by atoms with Crippen LogP contribution >= 0.6 is 0 Å². The first-order valence-corrected chi connectivity index (χ1v) is 4.82. The molecule has 1 aliphatic carbocycles. The summed E-state index contributed by atoms with van der Waals surface area (Å²) in [7, 11) is 1.76. The molecule has 0 heterocycles. The summed E-state index contributed by atoms with van der Waals surface area (Å²) in [6.07, 6.45) is 4.04. The quantitative estimate of drug-likeness (QED) is 0.721. The Balaban J connectivity index is 2.35. The smallest absolute Gasteiger partial charge is 0.318 e. The number of halogens is 2. The molecule has 1 N–H and O–H groups in total. The molecule has 0 aromatic heterocycles. The Morgan fingerprint density at radius 2 is 2.00 bits per heavy atom. The molecule has 4 heteroatoms. The third kappa shape index (κ3) is 3.56. The fourth-order valence-corrected chi connectivity index (χ4v) is 1.99. The van der Waals surface area contributed by atoms with Crippen LogP contribution in [0.25, 0.3) is 0 Å². The first-order valence-electron chi connectivity index (χ1n) is 4.82. The molecular formula is C9H17F2NO. The van der Waals surface area contributed by atoms with E-state index in [9.17, 15) is 8.78 Å². The molecule has 0 aromatic rings. The van der Waals surface area contributed by atoms with Crippen LogP contribution in [-0.2, 0) is 4.74 Å². The average Bonchev–Trinajstić information content (AvgIpc) is 2.54. The maximum atomic E-state index is 12.0. The zero-order valence-corrected chi connectivity index (χ0v) is 7.93. The van der Waals surface area contributed by atoms with Gasteiger partial charge in [0, 0.05) is 6.54 Å². The van der Waals surface area contributed by atoms with Crippen LogP contribution in [0.5, 0.6) is 0 Å². The summed E-state index contributed by atoms with van der Waals surface area (Å²) in [5.41, 5.74) is 0. The van der Waals surface area contributed by atoms with Crippen molar-refractivity contribution in [3.05, 3.63) is 0 Å². The predicted octanol–water partition coefficient (Wildman–Crippen LogP) is 2.00. The molecule has 13 heavy (non-hydrogen) atoms. The summed E-state index contributed by atoms with van der Waals surface area (Å²) in [4.78, 5) is 0. The van der Waals surface area contributed by atoms with Crippen molar-refractivity contribution in [2.75, 3.05) is 13.6 Å². The normalized spacial score (nSPS) is 21.2. The van der Waals surface area contributed by atoms with Crippen molar-refractivity contribution in [2.24, 2.45) is 5.92 Å². The molecule has 1 saturated carbocycles. The number of rotatable bonds is 5. The van der Waals surface area contributed by atoms with E-state index in [1.165, 1.54) is 0 Å². The SMILES string of the molecule is CNCC(OC(F)F)C1CCCC1. The summed E-state index contributed by atoms with van der Waals surface area (Å²) in [5.74, 6) is 0.321. The monoisotopic (exact) mass is 193 g/mol. The van der Waals surface area contributed by atoms with Crippen LogP contribution in [0.3, 0.4) is 0 Å². The van der Waals surface area contributed by atoms with Crippen molar-refractivity contribution < 1.29 is 13.5 Å². The fraction of sp³-hybridized carbons (Fsp3) is 1.00. The minimum atomic E-state index is -2.64. The van der Waals surface area contributed by atoms with Crippen LogP contribution in [0.4, 0.5) is 8.78 Å². The van der Waals surface area contributed by atoms with Gasteiger partial charge in [-0.15, -0.1) is 0 Å². The van der Waals surface area contributed by atoms with Gasteiger partial charge in [0.25, 0.3) is 0 Å². The molecular weight excluding hydrogens is 176 g/mol. The van der Waals surface area contributed by atoms with E-state index >= 15 is 0 Å². The lowest BCUT2D eigenvalue weighted by atomic mass is 10.0. The third-order valence-corrected chi connectivity index (χ3v) is 2.61. The highest BCUT2D eigenvalue weighted by atomic mass is 19.3. The summed E-state index contributed by atoms with van der Waals surface area (Å²) >= 11 is 0. The summed E-state index contributed by atoms with van der Waals surface area (Å²) in [5, 5.41) is 2.89. The molecule has 0 aliphatic heterocycles. The largest absolute Gasteiger partial charge is 0.345 e. The van der Waals surface area contributed by atoms with Crippen LogP contribution in [0.2, 0.25) is 0 Å². The van der Waals surface area contributed by atoms with Crippen LogP contribution < -0.4 is 5.32 Å². The zero-order valence-electron chi connectivity index (χ0n) is 7.93. The van der Waals surface area contributed by atoms with Gasteiger partial charge < -0.3 is 10.1 Å². The van der Waals surface area contributed by atoms with E-state index < -0.39 is 6.61 Å². The first kappa shape index (κ1) is 10.9. The van der Waals surface area contributed by atoms with Crippen molar-refractivity contribution in [1.29, 1.82) is 0 Å². The zero-order chi connectivity index (χ0) is 9.68. The molecule has 0 aromatic carbocycles. The molecule has 0 spiro atoms. The lowest BCUT2D eigenvalue weighted by molar-refractivity contribution is -0.174. The van der Waals surface area contributed by atoms with Crippen molar-refractivity contribution in [3.8, 4) is 0 Å². The molecule has 0 saturated heterocycles. The van der Waals surface area contributed by atoms with Gasteiger partial charge >= 0.3 is 6.61 Å². The topological polar surface area (TPSA) is 21.3 Å². The molecule has 1 atom stereocenters. The molecule has 1 aliphatic rings. The van der Waals surface area contributed by atoms with Crippen molar-refractivity contribution in [2.45, 2.75) is 38.4 Å². The van der Waals surface area contributed by atoms with Crippen molar-refractivity contribution in [3.63, 3.8) is 0 Å². The lowest BCUT2D eigenvalue weighted by Gasteiger charge is -2.22. The standard InChI is InChI=1S/C9H17F2NO/c1-12-6-8(13-9(10)11)7-4-2-3-5-7/h7-9,12H,2-6H2,1H3. The lowest BCUT2D eigenvalue weighted by Crippen LogP contribution is -2.34. The van der Waals surface area contributed by atoms with E-state index in [0.29, 0.717) is 12.5 Å². The number of hydrogen-bond donors (Lipinski definition) is 1. The molecule has 78 valence electrons. The van der Waals surface area contributed by atoms with E-state index in [-0.39, 0.29) is 6.10 Å². The van der Waals surface area contributed by atoms with Gasteiger partial charge in [0.05, 0.1) is 6.10 Å². The van der Waals surface area contributed by atoms with Gasteiger partial charge in [0.15, 0.2) is 0 Å². The Labute approximate surface area is 77.6 Å². The highest BCUT2D eigenvalue weighted by Crippen LogP contribution is 2.29. The van der Waals surface area contributed by atoms with Crippen LogP contribution in [0, 0.1) is 5.92 Å². The minimum absolute atomic E-state index is 0.313. The van der Waals surface area contributed by atoms with Crippen LogP contribution in [0.1, 0.15) is 25.7 Å². The average molecular weight is 193 g/mol. The second kappa shape index (κ2) is 5.50. The van der Waals surface area contributed by atoms with Crippen LogP contribution in [0.15, 0.2) is 0 Å².